The van der Waals surface area contributed by atoms with Crippen LogP contribution in [-0.4, -0.2) is 32.4 Å². The van der Waals surface area contributed by atoms with Crippen molar-refractivity contribution in [1.82, 2.24) is 10.3 Å². The molecule has 0 amide bonds. The monoisotopic (exact) mass is 422 g/mol. The molecule has 2 N–H and O–H groups in total. The predicted molar refractivity (Wildman–Crippen MR) is 109 cm³/mol. The molecule has 0 bridgehead atoms. The molecule has 0 spiro atoms. The molecule has 0 fully saturated rings. The normalized spacial score (nSPS) is 14.6. The Bertz CT molecular complexity index is 1050. The van der Waals surface area contributed by atoms with Crippen LogP contribution in [0.3, 0.4) is 0 Å². The first-order chi connectivity index (χ1) is 13.5. The number of hydrazone groups is 1. The van der Waals surface area contributed by atoms with E-state index in [1.54, 1.807) is 17.0 Å². The third kappa shape index (κ3) is 4.34. The number of benzene rings is 2. The Balaban J connectivity index is 2.00. The van der Waals surface area contributed by atoms with E-state index in [1.165, 1.54) is 12.1 Å². The number of hydrogen-bond donors (Lipinski definition) is 2. The summed E-state index contributed by atoms with van der Waals surface area (Å²) in [5, 5.41) is 4.10. The van der Waals surface area contributed by atoms with E-state index in [-0.39, 0.29) is 21.6 Å². The number of halogens is 2. The van der Waals surface area contributed by atoms with Crippen molar-refractivity contribution < 1.29 is 17.2 Å². The van der Waals surface area contributed by atoms with Crippen LogP contribution in [0.25, 0.3) is 0 Å². The molecule has 0 atom stereocenters. The summed E-state index contributed by atoms with van der Waals surface area (Å²) in [5.41, 5.74) is 3.70. The van der Waals surface area contributed by atoms with Gasteiger partial charge < -0.3 is 4.90 Å². The summed E-state index contributed by atoms with van der Waals surface area (Å²) >= 11 is 0. The van der Waals surface area contributed by atoms with Crippen molar-refractivity contribution >= 4 is 21.5 Å². The Morgan fingerprint density at radius 3 is 2.34 bits per heavy atom. The van der Waals surface area contributed by atoms with Gasteiger partial charge in [-0.2, -0.15) is 5.10 Å². The highest BCUT2D eigenvalue weighted by molar-refractivity contribution is 7.92. The van der Waals surface area contributed by atoms with Gasteiger partial charge in [0.1, 0.15) is 6.67 Å². The molecular formula is C20H24F2N4O2S. The average molecular weight is 423 g/mol. The van der Waals surface area contributed by atoms with Gasteiger partial charge in [0.15, 0.2) is 17.5 Å². The lowest BCUT2D eigenvalue weighted by molar-refractivity contribution is 0.446. The molecule has 1 aliphatic rings. The largest absolute Gasteiger partial charge is 0.336 e. The number of hydrogen-bond acceptors (Lipinski definition) is 5. The lowest BCUT2D eigenvalue weighted by Gasteiger charge is -2.20. The van der Waals surface area contributed by atoms with Crippen molar-refractivity contribution in [3.8, 4) is 0 Å². The summed E-state index contributed by atoms with van der Waals surface area (Å²) in [6.45, 7) is 8.91. The van der Waals surface area contributed by atoms with Crippen LogP contribution in [0, 0.1) is 11.6 Å². The Kier molecular flexibility index (Phi) is 5.53. The van der Waals surface area contributed by atoms with Crippen molar-refractivity contribution in [2.24, 2.45) is 5.10 Å². The zero-order chi connectivity index (χ0) is 21.4. The SMILES string of the molecule is CCN1CNN=C1c1cc(F)c(F)cc1NS(=O)(=O)c1ccc(C(C)(C)C)cc1. The number of sulfonamides is 1. The summed E-state index contributed by atoms with van der Waals surface area (Å²) in [6.07, 6.45) is 0. The topological polar surface area (TPSA) is 73.8 Å². The van der Waals surface area contributed by atoms with E-state index in [0.29, 0.717) is 19.0 Å². The molecule has 0 aromatic heterocycles. The first kappa shape index (κ1) is 21.0. The van der Waals surface area contributed by atoms with Gasteiger partial charge in [-0.05, 0) is 36.1 Å². The Morgan fingerprint density at radius 1 is 1.14 bits per heavy atom. The minimum atomic E-state index is -4.01. The van der Waals surface area contributed by atoms with Crippen LogP contribution < -0.4 is 10.1 Å². The molecular weight excluding hydrogens is 398 g/mol. The van der Waals surface area contributed by atoms with E-state index in [0.717, 1.165) is 17.7 Å². The second-order valence-corrected chi connectivity index (χ2v) is 9.48. The summed E-state index contributed by atoms with van der Waals surface area (Å²) in [7, 11) is -4.01. The third-order valence-electron chi connectivity index (χ3n) is 4.70. The summed E-state index contributed by atoms with van der Waals surface area (Å²) in [4.78, 5) is 1.81. The van der Waals surface area contributed by atoms with E-state index in [1.807, 2.05) is 27.7 Å². The van der Waals surface area contributed by atoms with Crippen LogP contribution in [-0.2, 0) is 15.4 Å². The summed E-state index contributed by atoms with van der Waals surface area (Å²) in [5.74, 6) is -1.89. The van der Waals surface area contributed by atoms with Crippen molar-refractivity contribution in [2.45, 2.75) is 38.0 Å². The molecule has 0 radical (unpaired) electrons. The number of anilines is 1. The Morgan fingerprint density at radius 2 is 1.76 bits per heavy atom. The minimum Gasteiger partial charge on any atom is -0.336 e. The van der Waals surface area contributed by atoms with E-state index in [4.69, 9.17) is 0 Å². The standard InChI is InChI=1S/C20H24F2N4O2S/c1-5-26-12-23-24-19(26)15-10-16(21)17(22)11-18(15)25-29(27,28)14-8-6-13(7-9-14)20(2,3)4/h6-11,23,25H,5,12H2,1-4H3. The van der Waals surface area contributed by atoms with Gasteiger partial charge in [-0.25, -0.2) is 17.2 Å². The van der Waals surface area contributed by atoms with Crippen LogP contribution in [0.4, 0.5) is 14.5 Å². The molecule has 0 unspecified atom stereocenters. The van der Waals surface area contributed by atoms with Crippen LogP contribution in [0.1, 0.15) is 38.8 Å². The zero-order valence-electron chi connectivity index (χ0n) is 16.8. The molecule has 2 aromatic rings. The van der Waals surface area contributed by atoms with Gasteiger partial charge in [-0.15, -0.1) is 0 Å². The van der Waals surface area contributed by atoms with Crippen molar-refractivity contribution in [3.63, 3.8) is 0 Å². The van der Waals surface area contributed by atoms with Gasteiger partial charge in [-0.1, -0.05) is 32.9 Å². The fourth-order valence-electron chi connectivity index (χ4n) is 2.99. The van der Waals surface area contributed by atoms with Crippen LogP contribution in [0.2, 0.25) is 0 Å². The highest BCUT2D eigenvalue weighted by Crippen LogP contribution is 2.27. The molecule has 29 heavy (non-hydrogen) atoms. The van der Waals surface area contributed by atoms with Gasteiger partial charge in [0.05, 0.1) is 10.6 Å². The van der Waals surface area contributed by atoms with Gasteiger partial charge >= 0.3 is 0 Å². The molecule has 3 rings (SSSR count). The van der Waals surface area contributed by atoms with E-state index < -0.39 is 21.7 Å². The zero-order valence-corrected chi connectivity index (χ0v) is 17.6. The summed E-state index contributed by atoms with van der Waals surface area (Å²) in [6, 6.07) is 8.25. The minimum absolute atomic E-state index is 0.0278. The van der Waals surface area contributed by atoms with Gasteiger partial charge in [-0.3, -0.25) is 10.1 Å². The number of nitrogens with one attached hydrogen (secondary N) is 2. The predicted octanol–water partition coefficient (Wildman–Crippen LogP) is 3.61. The van der Waals surface area contributed by atoms with Crippen LogP contribution in [0.15, 0.2) is 46.4 Å². The Hall–Kier alpha value is -2.68. The lowest BCUT2D eigenvalue weighted by Crippen LogP contribution is -2.30. The third-order valence-corrected chi connectivity index (χ3v) is 6.09. The van der Waals surface area contributed by atoms with Crippen LogP contribution >= 0.6 is 0 Å². The highest BCUT2D eigenvalue weighted by atomic mass is 32.2. The van der Waals surface area contributed by atoms with Crippen molar-refractivity contribution in [1.29, 1.82) is 0 Å². The van der Waals surface area contributed by atoms with Crippen molar-refractivity contribution in [3.05, 3.63) is 59.2 Å². The average Bonchev–Trinajstić information content (AvgIpc) is 3.12. The highest BCUT2D eigenvalue weighted by Gasteiger charge is 2.25. The molecule has 0 saturated heterocycles. The second kappa shape index (κ2) is 7.62. The van der Waals surface area contributed by atoms with Gasteiger partial charge in [0.2, 0.25) is 0 Å². The van der Waals surface area contributed by atoms with E-state index in [9.17, 15) is 17.2 Å². The first-order valence-corrected chi connectivity index (χ1v) is 10.7. The fourth-order valence-corrected chi connectivity index (χ4v) is 4.06. The number of amidine groups is 1. The maximum absolute atomic E-state index is 13.9. The number of nitrogens with zero attached hydrogens (tertiary/aromatic N) is 2. The molecule has 9 heteroatoms. The molecule has 1 heterocycles. The molecule has 0 saturated carbocycles. The Labute approximate surface area is 169 Å². The molecule has 2 aromatic carbocycles. The molecule has 6 nitrogen and oxygen atoms in total. The van der Waals surface area contributed by atoms with E-state index >= 15 is 0 Å². The van der Waals surface area contributed by atoms with Crippen LogP contribution in [0.5, 0.6) is 0 Å². The second-order valence-electron chi connectivity index (χ2n) is 7.80. The first-order valence-electron chi connectivity index (χ1n) is 9.21. The van der Waals surface area contributed by atoms with Gasteiger partial charge in [0, 0.05) is 18.2 Å². The lowest BCUT2D eigenvalue weighted by atomic mass is 9.87. The molecule has 0 aliphatic carbocycles. The summed E-state index contributed by atoms with van der Waals surface area (Å²) < 4.78 is 56.0. The van der Waals surface area contributed by atoms with Crippen molar-refractivity contribution in [2.75, 3.05) is 17.9 Å². The maximum atomic E-state index is 13.9. The fraction of sp³-hybridized carbons (Fsp3) is 0.350. The maximum Gasteiger partial charge on any atom is 0.261 e. The van der Waals surface area contributed by atoms with E-state index in [2.05, 4.69) is 15.2 Å². The number of rotatable bonds is 5. The smallest absolute Gasteiger partial charge is 0.261 e. The van der Waals surface area contributed by atoms with Gasteiger partial charge in [0.25, 0.3) is 10.0 Å². The quantitative estimate of drug-likeness (QED) is 0.772. The molecule has 156 valence electrons. The molecule has 1 aliphatic heterocycles.